The van der Waals surface area contributed by atoms with Gasteiger partial charge in [0.2, 0.25) is 0 Å². The number of aromatic nitrogens is 1. The zero-order valence-corrected chi connectivity index (χ0v) is 16.3. The van der Waals surface area contributed by atoms with E-state index >= 15 is 0 Å². The van der Waals surface area contributed by atoms with Crippen LogP contribution in [0.1, 0.15) is 37.1 Å². The van der Waals surface area contributed by atoms with Crippen molar-refractivity contribution in [3.63, 3.8) is 0 Å². The fourth-order valence-electron chi connectivity index (χ4n) is 3.62. The van der Waals surface area contributed by atoms with Crippen molar-refractivity contribution in [2.24, 2.45) is 0 Å². The molecule has 3 aromatic rings. The van der Waals surface area contributed by atoms with Gasteiger partial charge in [0.25, 0.3) is 5.91 Å². The lowest BCUT2D eigenvalue weighted by Crippen LogP contribution is -2.46. The van der Waals surface area contributed by atoms with E-state index in [0.717, 1.165) is 42.2 Å². The summed E-state index contributed by atoms with van der Waals surface area (Å²) in [5.41, 5.74) is 1.06. The van der Waals surface area contributed by atoms with Gasteiger partial charge in [0.05, 0.1) is 15.2 Å². The molecule has 0 N–H and O–H groups in total. The number of hydrogen-bond donors (Lipinski definition) is 0. The van der Waals surface area contributed by atoms with E-state index in [-0.39, 0.29) is 5.91 Å². The number of carbonyl (C=O) groups excluding carboxylic acids is 1. The minimum absolute atomic E-state index is 0.0900. The van der Waals surface area contributed by atoms with Gasteiger partial charge in [-0.15, -0.1) is 11.3 Å². The van der Waals surface area contributed by atoms with Gasteiger partial charge in [-0.2, -0.15) is 0 Å². The van der Waals surface area contributed by atoms with Crippen LogP contribution in [-0.2, 0) is 4.79 Å². The van der Waals surface area contributed by atoms with Gasteiger partial charge in [-0.25, -0.2) is 4.98 Å². The summed E-state index contributed by atoms with van der Waals surface area (Å²) in [6.45, 7) is 3.53. The molecule has 1 saturated heterocycles. The molecular weight excluding hydrogens is 356 g/mol. The first-order chi connectivity index (χ1) is 13.2. The van der Waals surface area contributed by atoms with Crippen molar-refractivity contribution in [2.75, 3.05) is 13.1 Å². The van der Waals surface area contributed by atoms with Crippen molar-refractivity contribution in [1.82, 2.24) is 9.88 Å². The largest absolute Gasteiger partial charge is 0.481 e. The van der Waals surface area contributed by atoms with Gasteiger partial charge >= 0.3 is 0 Å². The number of ether oxygens (including phenoxy) is 1. The van der Waals surface area contributed by atoms with Crippen LogP contribution in [0.3, 0.4) is 0 Å². The summed E-state index contributed by atoms with van der Waals surface area (Å²) < 4.78 is 7.18. The number of likely N-dealkylation sites (tertiary alicyclic amines) is 1. The molecule has 27 heavy (non-hydrogen) atoms. The highest BCUT2D eigenvalue weighted by atomic mass is 32.1. The average molecular weight is 381 g/mol. The molecule has 2 atom stereocenters. The van der Waals surface area contributed by atoms with Gasteiger partial charge in [-0.1, -0.05) is 37.3 Å². The maximum Gasteiger partial charge on any atom is 0.263 e. The van der Waals surface area contributed by atoms with Gasteiger partial charge in [0.15, 0.2) is 6.10 Å². The van der Waals surface area contributed by atoms with Crippen LogP contribution in [0.2, 0.25) is 0 Å². The summed E-state index contributed by atoms with van der Waals surface area (Å²) in [5.74, 6) is 1.15. The summed E-state index contributed by atoms with van der Waals surface area (Å²) in [7, 11) is 0. The smallest absolute Gasteiger partial charge is 0.263 e. The predicted octanol–water partition coefficient (Wildman–Crippen LogP) is 4.86. The van der Waals surface area contributed by atoms with Gasteiger partial charge in [-0.05, 0) is 43.5 Å². The van der Waals surface area contributed by atoms with E-state index in [1.807, 2.05) is 54.3 Å². The molecule has 0 unspecified atom stereocenters. The van der Waals surface area contributed by atoms with E-state index in [1.54, 1.807) is 11.3 Å². The van der Waals surface area contributed by atoms with E-state index in [9.17, 15) is 4.79 Å². The molecule has 4 nitrogen and oxygen atoms in total. The first-order valence-electron chi connectivity index (χ1n) is 9.60. The van der Waals surface area contributed by atoms with Crippen molar-refractivity contribution < 1.29 is 9.53 Å². The Labute approximate surface area is 163 Å². The first-order valence-corrected chi connectivity index (χ1v) is 10.4. The van der Waals surface area contributed by atoms with E-state index in [1.165, 1.54) is 4.70 Å². The number of carbonyl (C=O) groups is 1. The number of thiazole rings is 1. The van der Waals surface area contributed by atoms with Crippen molar-refractivity contribution in [3.05, 3.63) is 59.6 Å². The van der Waals surface area contributed by atoms with Gasteiger partial charge in [0, 0.05) is 19.0 Å². The third-order valence-electron chi connectivity index (χ3n) is 5.06. The Morgan fingerprint density at radius 1 is 1.22 bits per heavy atom. The van der Waals surface area contributed by atoms with E-state index in [2.05, 4.69) is 12.1 Å². The highest BCUT2D eigenvalue weighted by Crippen LogP contribution is 2.33. The maximum absolute atomic E-state index is 13.1. The summed E-state index contributed by atoms with van der Waals surface area (Å²) >= 11 is 1.75. The van der Waals surface area contributed by atoms with Crippen molar-refractivity contribution in [1.29, 1.82) is 0 Å². The Hall–Kier alpha value is -2.40. The normalized spacial score (nSPS) is 18.4. The number of amides is 1. The van der Waals surface area contributed by atoms with Gasteiger partial charge < -0.3 is 9.64 Å². The first kappa shape index (κ1) is 18.0. The molecule has 0 saturated carbocycles. The number of benzene rings is 2. The summed E-state index contributed by atoms with van der Waals surface area (Å²) in [5, 5.41) is 1.14. The van der Waals surface area contributed by atoms with Crippen LogP contribution in [0.15, 0.2) is 54.6 Å². The Balaban J connectivity index is 1.47. The molecule has 0 radical (unpaired) electrons. The van der Waals surface area contributed by atoms with Crippen LogP contribution in [0.5, 0.6) is 5.75 Å². The molecular formula is C22H24N2O2S. The Morgan fingerprint density at radius 2 is 2.00 bits per heavy atom. The minimum atomic E-state index is -0.429. The molecule has 1 aromatic heterocycles. The van der Waals surface area contributed by atoms with E-state index < -0.39 is 6.10 Å². The third-order valence-corrected chi connectivity index (χ3v) is 6.26. The molecule has 5 heteroatoms. The number of piperidine rings is 1. The molecule has 2 heterocycles. The van der Waals surface area contributed by atoms with Crippen LogP contribution in [0.25, 0.3) is 10.2 Å². The predicted molar refractivity (Wildman–Crippen MR) is 109 cm³/mol. The van der Waals surface area contributed by atoms with Crippen molar-refractivity contribution in [3.8, 4) is 5.75 Å². The second kappa shape index (κ2) is 8.09. The Morgan fingerprint density at radius 3 is 2.78 bits per heavy atom. The van der Waals surface area contributed by atoms with Crippen LogP contribution in [0, 0.1) is 0 Å². The molecule has 0 spiro atoms. The molecule has 0 aliphatic carbocycles. The highest BCUT2D eigenvalue weighted by Gasteiger charge is 2.31. The van der Waals surface area contributed by atoms with Crippen LogP contribution < -0.4 is 4.74 Å². The van der Waals surface area contributed by atoms with Crippen LogP contribution in [-0.4, -0.2) is 35.0 Å². The van der Waals surface area contributed by atoms with E-state index in [0.29, 0.717) is 12.3 Å². The lowest BCUT2D eigenvalue weighted by Gasteiger charge is -2.34. The summed E-state index contributed by atoms with van der Waals surface area (Å²) in [4.78, 5) is 19.8. The summed E-state index contributed by atoms with van der Waals surface area (Å²) in [6, 6.07) is 17.8. The number of para-hydroxylation sites is 2. The molecule has 1 aliphatic heterocycles. The van der Waals surface area contributed by atoms with E-state index in [4.69, 9.17) is 9.72 Å². The van der Waals surface area contributed by atoms with Crippen molar-refractivity contribution >= 4 is 27.5 Å². The number of rotatable bonds is 5. The number of hydrogen-bond acceptors (Lipinski definition) is 4. The SMILES string of the molecule is CC[C@H](Oc1ccccc1)C(=O)N1CCC[C@@H](c2nc3ccccc3s2)C1. The minimum Gasteiger partial charge on any atom is -0.481 e. The second-order valence-corrected chi connectivity index (χ2v) is 8.03. The second-order valence-electron chi connectivity index (χ2n) is 6.97. The molecule has 140 valence electrons. The fourth-order valence-corrected chi connectivity index (χ4v) is 4.71. The molecule has 4 rings (SSSR count). The monoisotopic (exact) mass is 380 g/mol. The third kappa shape index (κ3) is 3.98. The number of fused-ring (bicyclic) bond motifs is 1. The zero-order valence-electron chi connectivity index (χ0n) is 15.5. The Bertz CT molecular complexity index is 876. The molecule has 1 amide bonds. The zero-order chi connectivity index (χ0) is 18.6. The Kier molecular flexibility index (Phi) is 5.39. The number of nitrogens with zero attached hydrogens (tertiary/aromatic N) is 2. The topological polar surface area (TPSA) is 42.4 Å². The van der Waals surface area contributed by atoms with Crippen LogP contribution in [0.4, 0.5) is 0 Å². The molecule has 1 fully saturated rings. The molecule has 2 aromatic carbocycles. The van der Waals surface area contributed by atoms with Gasteiger partial charge in [0.1, 0.15) is 5.75 Å². The molecule has 0 bridgehead atoms. The standard InChI is InChI=1S/C22H24N2O2S/c1-2-19(26-17-10-4-3-5-11-17)22(25)24-14-8-9-16(15-24)21-23-18-12-6-7-13-20(18)27-21/h3-7,10-13,16,19H,2,8-9,14-15H2,1H3/t16-,19+/m1/s1. The average Bonchev–Trinajstić information content (AvgIpc) is 3.17. The quantitative estimate of drug-likeness (QED) is 0.635. The lowest BCUT2D eigenvalue weighted by molar-refractivity contribution is -0.140. The molecule has 1 aliphatic rings. The maximum atomic E-state index is 13.1. The van der Waals surface area contributed by atoms with Crippen molar-refractivity contribution in [2.45, 2.75) is 38.2 Å². The van der Waals surface area contributed by atoms with Gasteiger partial charge in [-0.3, -0.25) is 4.79 Å². The lowest BCUT2D eigenvalue weighted by atomic mass is 9.98. The van der Waals surface area contributed by atoms with Crippen LogP contribution >= 0.6 is 11.3 Å². The fraction of sp³-hybridized carbons (Fsp3) is 0.364. The highest BCUT2D eigenvalue weighted by molar-refractivity contribution is 7.18. The summed E-state index contributed by atoms with van der Waals surface area (Å²) in [6.07, 6.45) is 2.32.